The minimum absolute atomic E-state index is 0.133. The van der Waals surface area contributed by atoms with Gasteiger partial charge in [0.15, 0.2) is 11.5 Å². The van der Waals surface area contributed by atoms with E-state index in [-0.39, 0.29) is 38.3 Å². The summed E-state index contributed by atoms with van der Waals surface area (Å²) in [4.78, 5) is 38.2. The number of ether oxygens (including phenoxy) is 3. The highest BCUT2D eigenvalue weighted by Gasteiger charge is 2.20. The number of carbonyl (C=O) groups is 3. The van der Waals surface area contributed by atoms with Gasteiger partial charge in [-0.1, -0.05) is 12.1 Å². The predicted octanol–water partition coefficient (Wildman–Crippen LogP) is 2.37. The highest BCUT2D eigenvalue weighted by Crippen LogP contribution is 2.32. The topological polar surface area (TPSA) is 94.2 Å². The molecule has 8 heteroatoms. The van der Waals surface area contributed by atoms with Crippen molar-refractivity contribution in [3.8, 4) is 11.5 Å². The van der Waals surface area contributed by atoms with Crippen LogP contribution in [0.4, 0.5) is 5.69 Å². The molecule has 1 heterocycles. The number of fused-ring (bicyclic) bond motifs is 1. The zero-order valence-corrected chi connectivity index (χ0v) is 16.3. The van der Waals surface area contributed by atoms with E-state index in [4.69, 9.17) is 14.2 Å². The van der Waals surface area contributed by atoms with Crippen LogP contribution in [0.1, 0.15) is 34.6 Å². The lowest BCUT2D eigenvalue weighted by Crippen LogP contribution is -2.38. The summed E-state index contributed by atoms with van der Waals surface area (Å²) in [6, 6.07) is 11.6. The zero-order chi connectivity index (χ0) is 20.8. The molecular formula is C21H22N2O6. The summed E-state index contributed by atoms with van der Waals surface area (Å²) in [5, 5.41) is 2.77. The molecule has 0 unspecified atom stereocenters. The Morgan fingerprint density at radius 1 is 1.10 bits per heavy atom. The number of para-hydroxylation sites is 1. The molecule has 0 bridgehead atoms. The lowest BCUT2D eigenvalue weighted by atomic mass is 10.1. The minimum atomic E-state index is -0.501. The molecule has 1 aliphatic rings. The smallest absolute Gasteiger partial charge is 0.340 e. The largest absolute Gasteiger partial charge is 0.462 e. The fourth-order valence-electron chi connectivity index (χ4n) is 2.96. The first-order valence-corrected chi connectivity index (χ1v) is 9.23. The maximum atomic E-state index is 12.4. The number of amides is 2. The van der Waals surface area contributed by atoms with Crippen molar-refractivity contribution >= 4 is 23.5 Å². The van der Waals surface area contributed by atoms with E-state index >= 15 is 0 Å². The predicted molar refractivity (Wildman–Crippen MR) is 105 cm³/mol. The first-order valence-electron chi connectivity index (χ1n) is 9.23. The number of hydrogen-bond acceptors (Lipinski definition) is 6. The quantitative estimate of drug-likeness (QED) is 0.720. The molecule has 3 rings (SSSR count). The molecule has 0 saturated heterocycles. The summed E-state index contributed by atoms with van der Waals surface area (Å²) < 4.78 is 15.6. The van der Waals surface area contributed by atoms with Crippen LogP contribution in [-0.2, 0) is 9.53 Å². The van der Waals surface area contributed by atoms with Gasteiger partial charge in [-0.15, -0.1) is 0 Å². The molecule has 2 amide bonds. The molecule has 2 aromatic carbocycles. The van der Waals surface area contributed by atoms with E-state index in [0.717, 1.165) is 0 Å². The summed E-state index contributed by atoms with van der Waals surface area (Å²) in [6.07, 6.45) is 0. The second-order valence-corrected chi connectivity index (χ2v) is 6.23. The number of benzene rings is 2. The number of anilines is 1. The number of nitrogens with zero attached hydrogens (tertiary/aromatic N) is 1. The van der Waals surface area contributed by atoms with Crippen LogP contribution in [0.25, 0.3) is 0 Å². The Morgan fingerprint density at radius 2 is 1.86 bits per heavy atom. The fourth-order valence-corrected chi connectivity index (χ4v) is 2.96. The lowest BCUT2D eigenvalue weighted by molar-refractivity contribution is -0.116. The molecule has 8 nitrogen and oxygen atoms in total. The number of rotatable bonds is 7. The SMILES string of the molecule is CCOC(=O)c1ccccc1N(CCNC(=O)c1ccc2c(c1)OCO2)C(C)=O. The van der Waals surface area contributed by atoms with Crippen molar-refractivity contribution in [1.82, 2.24) is 5.32 Å². The molecule has 0 aromatic heterocycles. The van der Waals surface area contributed by atoms with Gasteiger partial charge < -0.3 is 24.4 Å². The Bertz CT molecular complexity index is 927. The van der Waals surface area contributed by atoms with Gasteiger partial charge in [0.2, 0.25) is 12.7 Å². The van der Waals surface area contributed by atoms with Crippen LogP contribution < -0.4 is 19.7 Å². The standard InChI is InChI=1S/C21H22N2O6/c1-3-27-21(26)16-6-4-5-7-17(16)23(14(2)24)11-10-22-20(25)15-8-9-18-19(12-15)29-13-28-18/h4-9,12H,3,10-11,13H2,1-2H3,(H,22,25). The van der Waals surface area contributed by atoms with Crippen molar-refractivity contribution in [2.75, 3.05) is 31.4 Å². The number of carbonyl (C=O) groups excluding carboxylic acids is 3. The van der Waals surface area contributed by atoms with Gasteiger partial charge in [0, 0.05) is 25.6 Å². The molecule has 0 spiro atoms. The third kappa shape index (κ3) is 4.66. The van der Waals surface area contributed by atoms with Crippen LogP contribution in [0.3, 0.4) is 0 Å². The Kier molecular flexibility index (Phi) is 6.33. The van der Waals surface area contributed by atoms with Crippen molar-refractivity contribution in [2.24, 2.45) is 0 Å². The minimum Gasteiger partial charge on any atom is -0.462 e. The average molecular weight is 398 g/mol. The van der Waals surface area contributed by atoms with E-state index in [1.807, 2.05) is 0 Å². The Morgan fingerprint density at radius 3 is 2.62 bits per heavy atom. The highest BCUT2D eigenvalue weighted by molar-refractivity contribution is 6.02. The van der Waals surface area contributed by atoms with Crippen LogP contribution in [0.5, 0.6) is 11.5 Å². The van der Waals surface area contributed by atoms with Crippen LogP contribution >= 0.6 is 0 Å². The molecule has 2 aromatic rings. The van der Waals surface area contributed by atoms with E-state index in [1.165, 1.54) is 11.8 Å². The molecule has 0 saturated carbocycles. The molecule has 0 aliphatic carbocycles. The summed E-state index contributed by atoms with van der Waals surface area (Å²) in [7, 11) is 0. The van der Waals surface area contributed by atoms with E-state index < -0.39 is 5.97 Å². The summed E-state index contributed by atoms with van der Waals surface area (Å²) in [5.74, 6) is 0.0644. The maximum Gasteiger partial charge on any atom is 0.340 e. The zero-order valence-electron chi connectivity index (χ0n) is 16.3. The first kappa shape index (κ1) is 20.2. The fraction of sp³-hybridized carbons (Fsp3) is 0.286. The third-order valence-electron chi connectivity index (χ3n) is 4.33. The van der Waals surface area contributed by atoms with Gasteiger partial charge in [-0.05, 0) is 37.3 Å². The van der Waals surface area contributed by atoms with E-state index in [1.54, 1.807) is 49.4 Å². The second-order valence-electron chi connectivity index (χ2n) is 6.23. The summed E-state index contributed by atoms with van der Waals surface area (Å²) in [5.41, 5.74) is 1.16. The van der Waals surface area contributed by atoms with Crippen molar-refractivity contribution < 1.29 is 28.6 Å². The number of nitrogens with one attached hydrogen (secondary N) is 1. The summed E-state index contributed by atoms with van der Waals surface area (Å²) in [6.45, 7) is 3.88. The Labute approximate surface area is 168 Å². The van der Waals surface area contributed by atoms with Gasteiger partial charge in [-0.25, -0.2) is 4.79 Å². The van der Waals surface area contributed by atoms with Crippen molar-refractivity contribution in [3.05, 3.63) is 53.6 Å². The number of hydrogen-bond donors (Lipinski definition) is 1. The van der Waals surface area contributed by atoms with Crippen molar-refractivity contribution in [3.63, 3.8) is 0 Å². The number of esters is 1. The van der Waals surface area contributed by atoms with Crippen molar-refractivity contribution in [1.29, 1.82) is 0 Å². The van der Waals surface area contributed by atoms with Gasteiger partial charge in [-0.3, -0.25) is 9.59 Å². The highest BCUT2D eigenvalue weighted by atomic mass is 16.7. The van der Waals surface area contributed by atoms with E-state index in [0.29, 0.717) is 28.3 Å². The molecule has 152 valence electrons. The molecule has 0 radical (unpaired) electrons. The average Bonchev–Trinajstić information content (AvgIpc) is 3.19. The normalized spacial score (nSPS) is 11.7. The second kappa shape index (κ2) is 9.09. The van der Waals surface area contributed by atoms with Gasteiger partial charge in [-0.2, -0.15) is 0 Å². The Hall–Kier alpha value is -3.55. The van der Waals surface area contributed by atoms with Crippen molar-refractivity contribution in [2.45, 2.75) is 13.8 Å². The first-order chi connectivity index (χ1) is 14.0. The molecule has 1 aliphatic heterocycles. The summed E-state index contributed by atoms with van der Waals surface area (Å²) >= 11 is 0. The van der Waals surface area contributed by atoms with E-state index in [9.17, 15) is 14.4 Å². The van der Waals surface area contributed by atoms with Gasteiger partial charge in [0.1, 0.15) is 0 Å². The van der Waals surface area contributed by atoms with Crippen LogP contribution in [-0.4, -0.2) is 44.3 Å². The molecule has 0 atom stereocenters. The Balaban J connectivity index is 1.67. The van der Waals surface area contributed by atoms with Crippen LogP contribution in [0.15, 0.2) is 42.5 Å². The molecular weight excluding hydrogens is 376 g/mol. The molecule has 0 fully saturated rings. The van der Waals surface area contributed by atoms with Gasteiger partial charge in [0.05, 0.1) is 17.9 Å². The lowest BCUT2D eigenvalue weighted by Gasteiger charge is -2.23. The molecule has 1 N–H and O–H groups in total. The van der Waals surface area contributed by atoms with Gasteiger partial charge in [0.25, 0.3) is 5.91 Å². The molecule has 29 heavy (non-hydrogen) atoms. The van der Waals surface area contributed by atoms with Crippen LogP contribution in [0.2, 0.25) is 0 Å². The van der Waals surface area contributed by atoms with Crippen LogP contribution in [0, 0.1) is 0 Å². The third-order valence-corrected chi connectivity index (χ3v) is 4.33. The maximum absolute atomic E-state index is 12.4. The van der Waals surface area contributed by atoms with E-state index in [2.05, 4.69) is 5.32 Å². The monoisotopic (exact) mass is 398 g/mol. The van der Waals surface area contributed by atoms with Gasteiger partial charge >= 0.3 is 5.97 Å².